The van der Waals surface area contributed by atoms with Gasteiger partial charge >= 0.3 is 0 Å². The van der Waals surface area contributed by atoms with E-state index in [0.717, 1.165) is 49.6 Å². The zero-order chi connectivity index (χ0) is 18.0. The van der Waals surface area contributed by atoms with Gasteiger partial charge in [0.1, 0.15) is 5.82 Å². The van der Waals surface area contributed by atoms with Gasteiger partial charge in [-0.1, -0.05) is 60.7 Å². The molecular weight excluding hydrogens is 391 g/mol. The predicted molar refractivity (Wildman–Crippen MR) is 122 cm³/mol. The predicted octanol–water partition coefficient (Wildman–Crippen LogP) is 5.31. The van der Waals surface area contributed by atoms with Crippen molar-refractivity contribution in [3.05, 3.63) is 78.4 Å². The quantitative estimate of drug-likeness (QED) is 0.477. The normalized spacial score (nSPS) is 10.1. The highest BCUT2D eigenvalue weighted by Crippen LogP contribution is 2.16. The van der Waals surface area contributed by atoms with E-state index < -0.39 is 0 Å². The van der Waals surface area contributed by atoms with E-state index in [2.05, 4.69) is 57.8 Å². The van der Waals surface area contributed by atoms with E-state index in [1.54, 1.807) is 0 Å². The van der Waals surface area contributed by atoms with E-state index in [1.165, 1.54) is 5.56 Å². The Morgan fingerprint density at radius 2 is 1.46 bits per heavy atom. The Morgan fingerprint density at radius 1 is 0.786 bits per heavy atom. The topological polar surface area (TPSA) is 41.0 Å². The third kappa shape index (κ3) is 7.85. The number of hydrogen-bond donors (Lipinski definition) is 1. The number of hydrogen-bond acceptors (Lipinski definition) is 4. The first-order valence-electron chi connectivity index (χ1n) is 9.17. The third-order valence-electron chi connectivity index (χ3n) is 4.30. The first-order chi connectivity index (χ1) is 12.8. The number of anilines is 1. The van der Waals surface area contributed by atoms with Crippen LogP contribution in [0.2, 0.25) is 0 Å². The lowest BCUT2D eigenvalue weighted by molar-refractivity contribution is 0.320. The van der Waals surface area contributed by atoms with E-state index in [0.29, 0.717) is 0 Å². The standard InChI is InChI=1S/C22H26N4.2ClH/c1-26(18-19-10-4-2-5-11-19)17-9-8-16-23-22-15-14-21(24-25-22)20-12-6-3-7-13-20;;/h2-7,10-15H,8-9,16-18H2,1H3,(H,23,25);2*1H. The molecule has 0 saturated heterocycles. The van der Waals surface area contributed by atoms with Crippen LogP contribution in [-0.4, -0.2) is 35.2 Å². The summed E-state index contributed by atoms with van der Waals surface area (Å²) in [7, 11) is 2.17. The van der Waals surface area contributed by atoms with Crippen LogP contribution in [0.1, 0.15) is 18.4 Å². The van der Waals surface area contributed by atoms with Gasteiger partial charge in [-0.3, -0.25) is 0 Å². The number of nitrogens with zero attached hydrogens (tertiary/aromatic N) is 3. The van der Waals surface area contributed by atoms with E-state index >= 15 is 0 Å². The Bertz CT molecular complexity index is 768. The first kappa shape index (κ1) is 23.9. The second-order valence-corrected chi connectivity index (χ2v) is 6.53. The minimum absolute atomic E-state index is 0. The average molecular weight is 419 g/mol. The van der Waals surface area contributed by atoms with Crippen LogP contribution < -0.4 is 5.32 Å². The molecule has 2 aromatic carbocycles. The molecule has 0 unspecified atom stereocenters. The van der Waals surface area contributed by atoms with E-state index in [9.17, 15) is 0 Å². The van der Waals surface area contributed by atoms with Gasteiger partial charge in [-0.2, -0.15) is 0 Å². The van der Waals surface area contributed by atoms with E-state index in [4.69, 9.17) is 0 Å². The van der Waals surface area contributed by atoms with Gasteiger partial charge in [-0.15, -0.1) is 35.0 Å². The maximum atomic E-state index is 4.30. The summed E-state index contributed by atoms with van der Waals surface area (Å²) in [4.78, 5) is 2.36. The van der Waals surface area contributed by atoms with Crippen LogP contribution in [0.4, 0.5) is 5.82 Å². The molecule has 4 nitrogen and oxygen atoms in total. The molecule has 0 fully saturated rings. The van der Waals surface area contributed by atoms with Gasteiger partial charge in [-0.25, -0.2) is 0 Å². The Kier molecular flexibility index (Phi) is 11.2. The van der Waals surface area contributed by atoms with Crippen molar-refractivity contribution in [3.63, 3.8) is 0 Å². The third-order valence-corrected chi connectivity index (χ3v) is 4.30. The molecule has 0 amide bonds. The molecule has 0 saturated carbocycles. The number of rotatable bonds is 9. The van der Waals surface area contributed by atoms with Crippen LogP contribution in [0.25, 0.3) is 11.3 Å². The Hall–Kier alpha value is -2.14. The summed E-state index contributed by atoms with van der Waals surface area (Å²) >= 11 is 0. The second kappa shape index (κ2) is 13.1. The summed E-state index contributed by atoms with van der Waals surface area (Å²) in [6.07, 6.45) is 2.27. The molecule has 3 aromatic rings. The minimum Gasteiger partial charge on any atom is -0.369 e. The molecule has 0 atom stereocenters. The molecule has 150 valence electrons. The van der Waals surface area contributed by atoms with Crippen molar-refractivity contribution < 1.29 is 0 Å². The molecule has 3 rings (SSSR count). The highest BCUT2D eigenvalue weighted by Gasteiger charge is 2.02. The molecular formula is C22H28Cl2N4. The smallest absolute Gasteiger partial charge is 0.148 e. The molecule has 0 spiro atoms. The van der Waals surface area contributed by atoms with Crippen LogP contribution in [0.3, 0.4) is 0 Å². The fourth-order valence-corrected chi connectivity index (χ4v) is 2.89. The van der Waals surface area contributed by atoms with Crippen LogP contribution in [0, 0.1) is 0 Å². The highest BCUT2D eigenvalue weighted by atomic mass is 35.5. The molecule has 1 N–H and O–H groups in total. The van der Waals surface area contributed by atoms with Crippen LogP contribution >= 0.6 is 24.8 Å². The molecule has 1 heterocycles. The summed E-state index contributed by atoms with van der Waals surface area (Å²) in [6, 6.07) is 24.7. The van der Waals surface area contributed by atoms with Crippen molar-refractivity contribution in [2.75, 3.05) is 25.5 Å². The van der Waals surface area contributed by atoms with Crippen molar-refractivity contribution in [2.45, 2.75) is 19.4 Å². The molecule has 6 heteroatoms. The highest BCUT2D eigenvalue weighted by molar-refractivity contribution is 5.85. The minimum atomic E-state index is 0. The molecule has 0 aliphatic carbocycles. The first-order valence-corrected chi connectivity index (χ1v) is 9.17. The SMILES string of the molecule is CN(CCCCNc1ccc(-c2ccccc2)nn1)Cc1ccccc1.Cl.Cl. The van der Waals surface area contributed by atoms with Crippen LogP contribution in [0.5, 0.6) is 0 Å². The number of unbranched alkanes of at least 4 members (excludes halogenated alkanes) is 1. The van der Waals surface area contributed by atoms with E-state index in [1.807, 2.05) is 42.5 Å². The lowest BCUT2D eigenvalue weighted by atomic mass is 10.1. The fraction of sp³-hybridized carbons (Fsp3) is 0.273. The summed E-state index contributed by atoms with van der Waals surface area (Å²) in [6.45, 7) is 3.01. The largest absolute Gasteiger partial charge is 0.369 e. The van der Waals surface area contributed by atoms with Crippen LogP contribution in [-0.2, 0) is 6.54 Å². The number of halogens is 2. The molecule has 0 bridgehead atoms. The number of nitrogens with one attached hydrogen (secondary N) is 1. The number of aromatic nitrogens is 2. The van der Waals surface area contributed by atoms with Crippen molar-refractivity contribution in [2.24, 2.45) is 0 Å². The second-order valence-electron chi connectivity index (χ2n) is 6.53. The van der Waals surface area contributed by atoms with Gasteiger partial charge in [-0.05, 0) is 44.1 Å². The zero-order valence-electron chi connectivity index (χ0n) is 16.1. The lowest BCUT2D eigenvalue weighted by Gasteiger charge is -2.16. The van der Waals surface area contributed by atoms with Gasteiger partial charge in [0.15, 0.2) is 0 Å². The van der Waals surface area contributed by atoms with Crippen molar-refractivity contribution >= 4 is 30.6 Å². The van der Waals surface area contributed by atoms with Crippen molar-refractivity contribution in [1.82, 2.24) is 15.1 Å². The Labute approximate surface area is 180 Å². The monoisotopic (exact) mass is 418 g/mol. The summed E-state index contributed by atoms with van der Waals surface area (Å²) < 4.78 is 0. The van der Waals surface area contributed by atoms with Gasteiger partial charge in [0.05, 0.1) is 5.69 Å². The van der Waals surface area contributed by atoms with E-state index in [-0.39, 0.29) is 24.8 Å². The van der Waals surface area contributed by atoms with Gasteiger partial charge < -0.3 is 10.2 Å². The Morgan fingerprint density at radius 3 is 2.11 bits per heavy atom. The maximum absolute atomic E-state index is 4.30. The zero-order valence-corrected chi connectivity index (χ0v) is 17.8. The van der Waals surface area contributed by atoms with Crippen molar-refractivity contribution in [3.8, 4) is 11.3 Å². The lowest BCUT2D eigenvalue weighted by Crippen LogP contribution is -2.19. The molecule has 0 aliphatic heterocycles. The van der Waals surface area contributed by atoms with Gasteiger partial charge in [0.2, 0.25) is 0 Å². The van der Waals surface area contributed by atoms with Crippen LogP contribution in [0.15, 0.2) is 72.8 Å². The molecule has 1 aromatic heterocycles. The number of benzene rings is 2. The molecule has 28 heavy (non-hydrogen) atoms. The van der Waals surface area contributed by atoms with Gasteiger partial charge in [0.25, 0.3) is 0 Å². The average Bonchev–Trinajstić information content (AvgIpc) is 2.70. The van der Waals surface area contributed by atoms with Crippen molar-refractivity contribution in [1.29, 1.82) is 0 Å². The molecule has 0 aliphatic rings. The maximum Gasteiger partial charge on any atom is 0.148 e. The molecule has 0 radical (unpaired) electrons. The fourth-order valence-electron chi connectivity index (χ4n) is 2.89. The van der Waals surface area contributed by atoms with Gasteiger partial charge in [0, 0.05) is 18.7 Å². The Balaban J connectivity index is 0.00000196. The summed E-state index contributed by atoms with van der Waals surface area (Å²) in [5.41, 5.74) is 3.36. The summed E-state index contributed by atoms with van der Waals surface area (Å²) in [5.74, 6) is 0.835. The summed E-state index contributed by atoms with van der Waals surface area (Å²) in [5, 5.41) is 11.9.